The van der Waals surface area contributed by atoms with Crippen molar-refractivity contribution in [3.8, 4) is 5.75 Å². The highest BCUT2D eigenvalue weighted by Gasteiger charge is 2.06. The Bertz CT molecular complexity index is 529. The minimum atomic E-state index is 0.547. The van der Waals surface area contributed by atoms with E-state index in [1.165, 1.54) is 0 Å². The number of hydrogen-bond acceptors (Lipinski definition) is 2. The quantitative estimate of drug-likeness (QED) is 0.798. The zero-order chi connectivity index (χ0) is 12.3. The SMILES string of the molecule is COc1ccc(C(=N)c2ccccc2C)cc1. The molecule has 2 heteroatoms. The lowest BCUT2D eigenvalue weighted by Crippen LogP contribution is -2.03. The van der Waals surface area contributed by atoms with Gasteiger partial charge < -0.3 is 4.74 Å². The highest BCUT2D eigenvalue weighted by atomic mass is 16.5. The molecule has 0 atom stereocenters. The topological polar surface area (TPSA) is 33.1 Å². The lowest BCUT2D eigenvalue weighted by molar-refractivity contribution is 0.415. The molecule has 0 saturated heterocycles. The molecule has 86 valence electrons. The van der Waals surface area contributed by atoms with Gasteiger partial charge in [-0.05, 0) is 36.8 Å². The van der Waals surface area contributed by atoms with E-state index in [2.05, 4.69) is 0 Å². The second-order valence-electron chi connectivity index (χ2n) is 3.92. The Hall–Kier alpha value is -2.09. The van der Waals surface area contributed by atoms with Gasteiger partial charge in [-0.15, -0.1) is 0 Å². The summed E-state index contributed by atoms with van der Waals surface area (Å²) in [6.45, 7) is 2.02. The van der Waals surface area contributed by atoms with Crippen LogP contribution in [0.3, 0.4) is 0 Å². The van der Waals surface area contributed by atoms with Crippen LogP contribution in [0.25, 0.3) is 0 Å². The molecule has 2 rings (SSSR count). The average molecular weight is 225 g/mol. The number of methoxy groups -OCH3 is 1. The zero-order valence-corrected chi connectivity index (χ0v) is 10.0. The normalized spacial score (nSPS) is 10.0. The Morgan fingerprint density at radius 3 is 2.24 bits per heavy atom. The maximum Gasteiger partial charge on any atom is 0.118 e. The first-order chi connectivity index (χ1) is 8.22. The molecule has 0 aliphatic carbocycles. The van der Waals surface area contributed by atoms with Crippen LogP contribution < -0.4 is 4.74 Å². The van der Waals surface area contributed by atoms with Crippen molar-refractivity contribution in [3.05, 3.63) is 65.2 Å². The number of benzene rings is 2. The number of nitrogens with one attached hydrogen (secondary N) is 1. The number of hydrogen-bond donors (Lipinski definition) is 1. The summed E-state index contributed by atoms with van der Waals surface area (Å²) in [7, 11) is 1.64. The first-order valence-corrected chi connectivity index (χ1v) is 5.51. The average Bonchev–Trinajstić information content (AvgIpc) is 2.39. The molecule has 0 aliphatic heterocycles. The fraction of sp³-hybridized carbons (Fsp3) is 0.133. The highest BCUT2D eigenvalue weighted by molar-refractivity contribution is 6.11. The first kappa shape index (κ1) is 11.4. The molecule has 1 N–H and O–H groups in total. The zero-order valence-electron chi connectivity index (χ0n) is 10.0. The Morgan fingerprint density at radius 2 is 1.65 bits per heavy atom. The maximum atomic E-state index is 8.20. The molecule has 0 radical (unpaired) electrons. The van der Waals surface area contributed by atoms with Crippen LogP contribution in [-0.2, 0) is 0 Å². The molecule has 0 unspecified atom stereocenters. The van der Waals surface area contributed by atoms with E-state index >= 15 is 0 Å². The second-order valence-corrected chi connectivity index (χ2v) is 3.92. The first-order valence-electron chi connectivity index (χ1n) is 5.51. The van der Waals surface area contributed by atoms with Crippen molar-refractivity contribution in [2.75, 3.05) is 7.11 Å². The standard InChI is InChI=1S/C15H15NO/c1-11-5-3-4-6-14(11)15(16)12-7-9-13(17-2)10-8-12/h3-10,16H,1-2H3. The van der Waals surface area contributed by atoms with Crippen molar-refractivity contribution in [2.24, 2.45) is 0 Å². The monoisotopic (exact) mass is 225 g/mol. The van der Waals surface area contributed by atoms with Crippen LogP contribution in [0.4, 0.5) is 0 Å². The summed E-state index contributed by atoms with van der Waals surface area (Å²) < 4.78 is 5.11. The molecular weight excluding hydrogens is 210 g/mol. The van der Waals surface area contributed by atoms with E-state index in [1.54, 1.807) is 7.11 Å². The summed E-state index contributed by atoms with van der Waals surface area (Å²) in [4.78, 5) is 0. The van der Waals surface area contributed by atoms with Crippen molar-refractivity contribution in [2.45, 2.75) is 6.92 Å². The van der Waals surface area contributed by atoms with E-state index < -0.39 is 0 Å². The molecule has 0 spiro atoms. The Balaban J connectivity index is 2.34. The van der Waals surface area contributed by atoms with Gasteiger partial charge in [-0.1, -0.05) is 24.3 Å². The predicted molar refractivity (Wildman–Crippen MR) is 70.1 cm³/mol. The molecule has 2 nitrogen and oxygen atoms in total. The Morgan fingerprint density at radius 1 is 1.00 bits per heavy atom. The van der Waals surface area contributed by atoms with Crippen molar-refractivity contribution >= 4 is 5.71 Å². The van der Waals surface area contributed by atoms with Crippen molar-refractivity contribution in [3.63, 3.8) is 0 Å². The van der Waals surface area contributed by atoms with Crippen molar-refractivity contribution in [1.82, 2.24) is 0 Å². The van der Waals surface area contributed by atoms with E-state index in [0.717, 1.165) is 22.4 Å². The minimum Gasteiger partial charge on any atom is -0.497 e. The van der Waals surface area contributed by atoms with Gasteiger partial charge in [-0.2, -0.15) is 0 Å². The fourth-order valence-corrected chi connectivity index (χ4v) is 1.77. The summed E-state index contributed by atoms with van der Waals surface area (Å²) in [5.74, 6) is 0.811. The van der Waals surface area contributed by atoms with E-state index in [1.807, 2.05) is 55.5 Å². The molecule has 0 fully saturated rings. The smallest absolute Gasteiger partial charge is 0.118 e. The molecule has 0 aliphatic rings. The summed E-state index contributed by atoms with van der Waals surface area (Å²) in [6.07, 6.45) is 0. The van der Waals surface area contributed by atoms with Crippen molar-refractivity contribution < 1.29 is 4.74 Å². The molecule has 0 amide bonds. The third-order valence-corrected chi connectivity index (χ3v) is 2.79. The molecule has 0 aromatic heterocycles. The highest BCUT2D eigenvalue weighted by Crippen LogP contribution is 2.16. The lowest BCUT2D eigenvalue weighted by atomic mass is 9.98. The minimum absolute atomic E-state index is 0.547. The van der Waals surface area contributed by atoms with E-state index in [0.29, 0.717) is 5.71 Å². The van der Waals surface area contributed by atoms with Crippen molar-refractivity contribution in [1.29, 1.82) is 5.41 Å². The van der Waals surface area contributed by atoms with Gasteiger partial charge in [-0.25, -0.2) is 0 Å². The van der Waals surface area contributed by atoms with Crippen LogP contribution in [0.2, 0.25) is 0 Å². The van der Waals surface area contributed by atoms with Gasteiger partial charge in [0.05, 0.1) is 12.8 Å². The van der Waals surface area contributed by atoms with E-state index in [-0.39, 0.29) is 0 Å². The molecule has 17 heavy (non-hydrogen) atoms. The van der Waals surface area contributed by atoms with E-state index in [4.69, 9.17) is 10.1 Å². The maximum absolute atomic E-state index is 8.20. The van der Waals surface area contributed by atoms with Gasteiger partial charge in [0.25, 0.3) is 0 Å². The summed E-state index contributed by atoms with van der Waals surface area (Å²) in [5.41, 5.74) is 3.54. The molecule has 0 bridgehead atoms. The van der Waals surface area contributed by atoms with Gasteiger partial charge >= 0.3 is 0 Å². The number of rotatable bonds is 3. The van der Waals surface area contributed by atoms with E-state index in [9.17, 15) is 0 Å². The van der Waals surface area contributed by atoms with Gasteiger partial charge in [0, 0.05) is 11.1 Å². The molecule has 2 aromatic carbocycles. The van der Waals surface area contributed by atoms with Crippen LogP contribution in [0.1, 0.15) is 16.7 Å². The van der Waals surface area contributed by atoms with Gasteiger partial charge in [0.15, 0.2) is 0 Å². The largest absolute Gasteiger partial charge is 0.497 e. The van der Waals surface area contributed by atoms with Crippen LogP contribution in [0.5, 0.6) is 5.75 Å². The van der Waals surface area contributed by atoms with Gasteiger partial charge in [-0.3, -0.25) is 5.41 Å². The summed E-state index contributed by atoms with van der Waals surface area (Å²) in [6, 6.07) is 15.5. The predicted octanol–water partition coefficient (Wildman–Crippen LogP) is 3.42. The Kier molecular flexibility index (Phi) is 3.24. The molecule has 0 heterocycles. The number of ether oxygens (including phenoxy) is 1. The van der Waals surface area contributed by atoms with Gasteiger partial charge in [0.2, 0.25) is 0 Å². The summed E-state index contributed by atoms with van der Waals surface area (Å²) in [5, 5.41) is 8.20. The molecule has 2 aromatic rings. The lowest BCUT2D eigenvalue weighted by Gasteiger charge is -2.08. The summed E-state index contributed by atoms with van der Waals surface area (Å²) >= 11 is 0. The van der Waals surface area contributed by atoms with Crippen LogP contribution in [0.15, 0.2) is 48.5 Å². The Labute approximate surface area is 101 Å². The fourth-order valence-electron chi connectivity index (χ4n) is 1.77. The van der Waals surface area contributed by atoms with Crippen LogP contribution in [-0.4, -0.2) is 12.8 Å². The van der Waals surface area contributed by atoms with Crippen LogP contribution >= 0.6 is 0 Å². The molecule has 0 saturated carbocycles. The number of aryl methyl sites for hydroxylation is 1. The van der Waals surface area contributed by atoms with Crippen LogP contribution in [0, 0.1) is 12.3 Å². The molecular formula is C15H15NO. The second kappa shape index (κ2) is 4.83. The third kappa shape index (κ3) is 2.36. The van der Waals surface area contributed by atoms with Gasteiger partial charge in [0.1, 0.15) is 5.75 Å². The third-order valence-electron chi connectivity index (χ3n) is 2.79.